The van der Waals surface area contributed by atoms with Crippen LogP contribution in [0.4, 0.5) is 0 Å². The van der Waals surface area contributed by atoms with Crippen molar-refractivity contribution in [1.29, 1.82) is 0 Å². The number of piperidine rings is 1. The van der Waals surface area contributed by atoms with Gasteiger partial charge in [-0.25, -0.2) is 0 Å². The molecule has 106 valence electrons. The molecule has 1 aliphatic carbocycles. The average molecular weight is 256 g/mol. The number of hydrogen-bond donors (Lipinski definition) is 1. The fourth-order valence-electron chi connectivity index (χ4n) is 2.58. The van der Waals surface area contributed by atoms with Crippen LogP contribution in [0.15, 0.2) is 0 Å². The number of nitrogens with zero attached hydrogens (tertiary/aromatic N) is 1. The summed E-state index contributed by atoms with van der Waals surface area (Å²) in [6.07, 6.45) is 5.52. The van der Waals surface area contributed by atoms with Crippen molar-refractivity contribution in [3.05, 3.63) is 0 Å². The zero-order valence-electron chi connectivity index (χ0n) is 11.7. The normalized spacial score (nSPS) is 25.5. The summed E-state index contributed by atoms with van der Waals surface area (Å²) in [6.45, 7) is 7.04. The molecule has 0 radical (unpaired) electrons. The van der Waals surface area contributed by atoms with Crippen LogP contribution in [0, 0.1) is 5.92 Å². The second-order valence-corrected chi connectivity index (χ2v) is 5.60. The Morgan fingerprint density at radius 2 is 2.06 bits per heavy atom. The third-order valence-electron chi connectivity index (χ3n) is 3.86. The predicted octanol–water partition coefficient (Wildman–Crippen LogP) is 1.11. The maximum Gasteiger partial charge on any atom is 0.0700 e. The molecule has 0 spiro atoms. The Balaban J connectivity index is 1.51. The van der Waals surface area contributed by atoms with Crippen LogP contribution in [0.25, 0.3) is 0 Å². The number of ether oxygens (including phenoxy) is 2. The molecule has 1 saturated carbocycles. The van der Waals surface area contributed by atoms with Crippen molar-refractivity contribution in [2.24, 2.45) is 5.92 Å². The minimum atomic E-state index is 0.702. The number of rotatable bonds is 9. The average Bonchev–Trinajstić information content (AvgIpc) is 3.21. The minimum Gasteiger partial charge on any atom is -0.382 e. The van der Waals surface area contributed by atoms with E-state index in [0.717, 1.165) is 31.7 Å². The summed E-state index contributed by atoms with van der Waals surface area (Å²) in [5.41, 5.74) is 0. The van der Waals surface area contributed by atoms with E-state index in [1.54, 1.807) is 7.11 Å². The van der Waals surface area contributed by atoms with Crippen molar-refractivity contribution in [1.82, 2.24) is 10.2 Å². The van der Waals surface area contributed by atoms with Crippen LogP contribution in [0.1, 0.15) is 25.7 Å². The Bertz CT molecular complexity index is 222. The van der Waals surface area contributed by atoms with E-state index in [1.807, 2.05) is 0 Å². The van der Waals surface area contributed by atoms with Gasteiger partial charge in [0.25, 0.3) is 0 Å². The molecule has 2 rings (SSSR count). The van der Waals surface area contributed by atoms with Crippen LogP contribution in [0.5, 0.6) is 0 Å². The van der Waals surface area contributed by atoms with E-state index in [1.165, 1.54) is 45.3 Å². The molecule has 0 aromatic rings. The van der Waals surface area contributed by atoms with Crippen molar-refractivity contribution < 1.29 is 9.47 Å². The monoisotopic (exact) mass is 256 g/mol. The Kier molecular flexibility index (Phi) is 6.41. The summed E-state index contributed by atoms with van der Waals surface area (Å²) < 4.78 is 10.5. The molecule has 4 nitrogen and oxygen atoms in total. The van der Waals surface area contributed by atoms with Crippen molar-refractivity contribution in [2.75, 3.05) is 53.1 Å². The highest BCUT2D eigenvalue weighted by molar-refractivity contribution is 4.83. The molecule has 1 saturated heterocycles. The van der Waals surface area contributed by atoms with Gasteiger partial charge >= 0.3 is 0 Å². The summed E-state index contributed by atoms with van der Waals surface area (Å²) in [5, 5.41) is 3.66. The van der Waals surface area contributed by atoms with E-state index in [9.17, 15) is 0 Å². The minimum absolute atomic E-state index is 0.702. The molecule has 0 bridgehead atoms. The van der Waals surface area contributed by atoms with E-state index >= 15 is 0 Å². The van der Waals surface area contributed by atoms with Gasteiger partial charge in [-0.1, -0.05) is 0 Å². The lowest BCUT2D eigenvalue weighted by atomic mass is 9.98. The quantitative estimate of drug-likeness (QED) is 0.627. The predicted molar refractivity (Wildman–Crippen MR) is 72.9 cm³/mol. The Morgan fingerprint density at radius 1 is 1.17 bits per heavy atom. The highest BCUT2D eigenvalue weighted by Gasteiger charge is 2.24. The molecule has 2 aliphatic rings. The van der Waals surface area contributed by atoms with Gasteiger partial charge in [0, 0.05) is 26.2 Å². The highest BCUT2D eigenvalue weighted by atomic mass is 16.5. The molecule has 18 heavy (non-hydrogen) atoms. The standard InChI is InChI=1S/C14H28N2O2/c1-17-9-10-18-8-7-16-6-2-3-13(12-16)11-15-14-4-5-14/h13-15H,2-12H2,1H3. The fraction of sp³-hybridized carbons (Fsp3) is 1.00. The second-order valence-electron chi connectivity index (χ2n) is 5.60. The molecular weight excluding hydrogens is 228 g/mol. The lowest BCUT2D eigenvalue weighted by Crippen LogP contribution is -2.41. The Labute approximate surface area is 111 Å². The first kappa shape index (κ1) is 14.3. The lowest BCUT2D eigenvalue weighted by molar-refractivity contribution is 0.0493. The van der Waals surface area contributed by atoms with E-state index in [-0.39, 0.29) is 0 Å². The van der Waals surface area contributed by atoms with Gasteiger partial charge in [-0.2, -0.15) is 0 Å². The topological polar surface area (TPSA) is 33.7 Å². The smallest absolute Gasteiger partial charge is 0.0700 e. The van der Waals surface area contributed by atoms with E-state index < -0.39 is 0 Å². The Morgan fingerprint density at radius 3 is 2.83 bits per heavy atom. The number of methoxy groups -OCH3 is 1. The molecular formula is C14H28N2O2. The van der Waals surface area contributed by atoms with Gasteiger partial charge in [-0.3, -0.25) is 0 Å². The van der Waals surface area contributed by atoms with Crippen molar-refractivity contribution in [3.8, 4) is 0 Å². The zero-order chi connectivity index (χ0) is 12.6. The number of hydrogen-bond acceptors (Lipinski definition) is 4. The third kappa shape index (κ3) is 5.65. The number of nitrogens with one attached hydrogen (secondary N) is 1. The summed E-state index contributed by atoms with van der Waals surface area (Å²) in [6, 6.07) is 0.845. The summed E-state index contributed by atoms with van der Waals surface area (Å²) in [7, 11) is 1.71. The van der Waals surface area contributed by atoms with Gasteiger partial charge in [0.2, 0.25) is 0 Å². The molecule has 1 N–H and O–H groups in total. The first-order valence-electron chi connectivity index (χ1n) is 7.41. The molecule has 1 unspecified atom stereocenters. The molecule has 0 amide bonds. The molecule has 4 heteroatoms. The van der Waals surface area contributed by atoms with E-state index in [2.05, 4.69) is 10.2 Å². The van der Waals surface area contributed by atoms with Crippen molar-refractivity contribution in [2.45, 2.75) is 31.7 Å². The molecule has 0 aromatic carbocycles. The fourth-order valence-corrected chi connectivity index (χ4v) is 2.58. The van der Waals surface area contributed by atoms with Gasteiger partial charge in [-0.05, 0) is 44.7 Å². The molecule has 1 heterocycles. The van der Waals surface area contributed by atoms with Gasteiger partial charge in [0.1, 0.15) is 0 Å². The maximum absolute atomic E-state index is 5.54. The van der Waals surface area contributed by atoms with Crippen LogP contribution in [0.2, 0.25) is 0 Å². The van der Waals surface area contributed by atoms with Crippen molar-refractivity contribution >= 4 is 0 Å². The Hall–Kier alpha value is -0.160. The van der Waals surface area contributed by atoms with Gasteiger partial charge < -0.3 is 19.7 Å². The number of likely N-dealkylation sites (tertiary alicyclic amines) is 1. The molecule has 0 aromatic heterocycles. The molecule has 1 aliphatic heterocycles. The van der Waals surface area contributed by atoms with E-state index in [4.69, 9.17) is 9.47 Å². The third-order valence-corrected chi connectivity index (χ3v) is 3.86. The summed E-state index contributed by atoms with van der Waals surface area (Å²) >= 11 is 0. The molecule has 2 fully saturated rings. The van der Waals surface area contributed by atoms with Crippen LogP contribution in [-0.2, 0) is 9.47 Å². The van der Waals surface area contributed by atoms with Crippen molar-refractivity contribution in [3.63, 3.8) is 0 Å². The van der Waals surface area contributed by atoms with Crippen LogP contribution in [-0.4, -0.2) is 64.1 Å². The lowest BCUT2D eigenvalue weighted by Gasteiger charge is -2.32. The van der Waals surface area contributed by atoms with Crippen LogP contribution < -0.4 is 5.32 Å². The second kappa shape index (κ2) is 8.10. The largest absolute Gasteiger partial charge is 0.382 e. The van der Waals surface area contributed by atoms with Crippen LogP contribution >= 0.6 is 0 Å². The summed E-state index contributed by atoms with van der Waals surface area (Å²) in [5.74, 6) is 0.846. The molecule has 1 atom stereocenters. The van der Waals surface area contributed by atoms with Gasteiger partial charge in [0.15, 0.2) is 0 Å². The first-order valence-corrected chi connectivity index (χ1v) is 7.41. The zero-order valence-corrected chi connectivity index (χ0v) is 11.7. The van der Waals surface area contributed by atoms with Gasteiger partial charge in [0.05, 0.1) is 19.8 Å². The highest BCUT2D eigenvalue weighted by Crippen LogP contribution is 2.21. The first-order chi connectivity index (χ1) is 8.88. The SMILES string of the molecule is COCCOCCN1CCCC(CNC2CC2)C1. The summed E-state index contributed by atoms with van der Waals surface area (Å²) in [4.78, 5) is 2.55. The van der Waals surface area contributed by atoms with Gasteiger partial charge in [-0.15, -0.1) is 0 Å². The van der Waals surface area contributed by atoms with E-state index in [0.29, 0.717) is 6.61 Å². The van der Waals surface area contributed by atoms with Crippen LogP contribution in [0.3, 0.4) is 0 Å². The maximum atomic E-state index is 5.54.